The van der Waals surface area contributed by atoms with Crippen LogP contribution in [0.4, 0.5) is 0 Å². The average molecular weight is 380 g/mol. The first-order valence-corrected chi connectivity index (χ1v) is 10.4. The van der Waals surface area contributed by atoms with Crippen molar-refractivity contribution in [3.05, 3.63) is 65.5 Å². The van der Waals surface area contributed by atoms with Crippen molar-refractivity contribution in [1.29, 1.82) is 0 Å². The summed E-state index contributed by atoms with van der Waals surface area (Å²) >= 11 is 0. The van der Waals surface area contributed by atoms with Gasteiger partial charge in [0.25, 0.3) is 0 Å². The maximum Gasteiger partial charge on any atom is 0.191 e. The number of guanidine groups is 1. The minimum Gasteiger partial charge on any atom is -0.356 e. The lowest BCUT2D eigenvalue weighted by atomic mass is 9.99. The van der Waals surface area contributed by atoms with Gasteiger partial charge in [-0.3, -0.25) is 14.9 Å². The first-order chi connectivity index (χ1) is 13.7. The molecule has 0 bridgehead atoms. The van der Waals surface area contributed by atoms with E-state index in [1.807, 2.05) is 25.4 Å². The second kappa shape index (κ2) is 10.8. The Bertz CT molecular complexity index is 744. The summed E-state index contributed by atoms with van der Waals surface area (Å²) in [5.41, 5.74) is 3.84. The Kier molecular flexibility index (Phi) is 7.85. The quantitative estimate of drug-likeness (QED) is 0.573. The Balaban J connectivity index is 1.50. The largest absolute Gasteiger partial charge is 0.356 e. The van der Waals surface area contributed by atoms with Crippen LogP contribution in [0.1, 0.15) is 36.6 Å². The number of aromatic nitrogens is 1. The van der Waals surface area contributed by atoms with Crippen LogP contribution in [-0.2, 0) is 19.5 Å². The highest BCUT2D eigenvalue weighted by Gasteiger charge is 2.17. The summed E-state index contributed by atoms with van der Waals surface area (Å²) in [5.74, 6) is 1.64. The van der Waals surface area contributed by atoms with Crippen molar-refractivity contribution in [2.24, 2.45) is 10.9 Å². The molecule has 1 unspecified atom stereocenters. The van der Waals surface area contributed by atoms with Gasteiger partial charge in [0.15, 0.2) is 5.96 Å². The Hall–Kier alpha value is -2.40. The molecule has 2 heterocycles. The van der Waals surface area contributed by atoms with Gasteiger partial charge in [-0.25, -0.2) is 0 Å². The van der Waals surface area contributed by atoms with Crippen LogP contribution in [0.25, 0.3) is 0 Å². The standard InChI is InChI=1S/C23H33N5/c1-19-8-7-15-28(17-19)18-21-10-4-3-9-20(21)16-27-23(24-2)26-14-12-22-11-5-6-13-25-22/h3-6,9-11,13,19H,7-8,12,14-18H2,1-2H3,(H2,24,26,27). The zero-order valence-electron chi connectivity index (χ0n) is 17.2. The lowest BCUT2D eigenvalue weighted by Crippen LogP contribution is -2.38. The monoisotopic (exact) mass is 379 g/mol. The van der Waals surface area contributed by atoms with Gasteiger partial charge in [0.05, 0.1) is 0 Å². The molecule has 0 aliphatic carbocycles. The first kappa shape index (κ1) is 20.3. The highest BCUT2D eigenvalue weighted by Crippen LogP contribution is 2.19. The third kappa shape index (κ3) is 6.34. The summed E-state index contributed by atoms with van der Waals surface area (Å²) in [6.45, 7) is 7.41. The number of rotatable bonds is 7. The molecule has 5 nitrogen and oxygen atoms in total. The van der Waals surface area contributed by atoms with Crippen LogP contribution in [0.2, 0.25) is 0 Å². The van der Waals surface area contributed by atoms with Crippen molar-refractivity contribution < 1.29 is 0 Å². The molecule has 28 heavy (non-hydrogen) atoms. The van der Waals surface area contributed by atoms with E-state index < -0.39 is 0 Å². The fourth-order valence-corrected chi connectivity index (χ4v) is 3.81. The zero-order valence-corrected chi connectivity index (χ0v) is 17.2. The number of pyridine rings is 1. The minimum atomic E-state index is 0.781. The second-order valence-corrected chi connectivity index (χ2v) is 7.67. The van der Waals surface area contributed by atoms with Crippen molar-refractivity contribution in [2.75, 3.05) is 26.7 Å². The molecule has 1 aromatic carbocycles. The molecule has 3 rings (SSSR count). The van der Waals surface area contributed by atoms with Crippen LogP contribution in [0.15, 0.2) is 53.7 Å². The van der Waals surface area contributed by atoms with E-state index in [-0.39, 0.29) is 0 Å². The molecule has 1 fully saturated rings. The third-order valence-electron chi connectivity index (χ3n) is 5.32. The lowest BCUT2D eigenvalue weighted by molar-refractivity contribution is 0.176. The minimum absolute atomic E-state index is 0.781. The van der Waals surface area contributed by atoms with Crippen LogP contribution in [0.3, 0.4) is 0 Å². The van der Waals surface area contributed by atoms with Gasteiger partial charge in [-0.05, 0) is 48.6 Å². The molecular formula is C23H33N5. The third-order valence-corrected chi connectivity index (χ3v) is 5.32. The second-order valence-electron chi connectivity index (χ2n) is 7.67. The van der Waals surface area contributed by atoms with Gasteiger partial charge in [0.1, 0.15) is 0 Å². The van der Waals surface area contributed by atoms with Gasteiger partial charge in [0.2, 0.25) is 0 Å². The zero-order chi connectivity index (χ0) is 19.6. The van der Waals surface area contributed by atoms with Crippen molar-refractivity contribution in [1.82, 2.24) is 20.5 Å². The molecule has 2 N–H and O–H groups in total. The molecule has 0 radical (unpaired) electrons. The Morgan fingerprint density at radius 1 is 1.14 bits per heavy atom. The van der Waals surface area contributed by atoms with Crippen molar-refractivity contribution in [2.45, 2.75) is 39.3 Å². The van der Waals surface area contributed by atoms with E-state index >= 15 is 0 Å². The maximum atomic E-state index is 4.36. The number of hydrogen-bond donors (Lipinski definition) is 2. The molecule has 1 atom stereocenters. The first-order valence-electron chi connectivity index (χ1n) is 10.4. The highest BCUT2D eigenvalue weighted by molar-refractivity contribution is 5.79. The molecule has 1 aromatic heterocycles. The van der Waals surface area contributed by atoms with Crippen molar-refractivity contribution in [3.63, 3.8) is 0 Å². The van der Waals surface area contributed by atoms with Crippen LogP contribution >= 0.6 is 0 Å². The fourth-order valence-electron chi connectivity index (χ4n) is 3.81. The summed E-state index contributed by atoms with van der Waals surface area (Å²) < 4.78 is 0. The summed E-state index contributed by atoms with van der Waals surface area (Å²) in [7, 11) is 1.82. The van der Waals surface area contributed by atoms with Crippen LogP contribution in [0, 0.1) is 5.92 Å². The average Bonchev–Trinajstić information content (AvgIpc) is 2.72. The van der Waals surface area contributed by atoms with Crippen LogP contribution in [0.5, 0.6) is 0 Å². The van der Waals surface area contributed by atoms with E-state index in [1.54, 1.807) is 0 Å². The number of likely N-dealkylation sites (tertiary alicyclic amines) is 1. The van der Waals surface area contributed by atoms with E-state index in [4.69, 9.17) is 0 Å². The van der Waals surface area contributed by atoms with Crippen molar-refractivity contribution in [3.8, 4) is 0 Å². The fraction of sp³-hybridized carbons (Fsp3) is 0.478. The number of nitrogens with zero attached hydrogens (tertiary/aromatic N) is 3. The molecule has 2 aromatic rings. The SMILES string of the molecule is CN=C(NCCc1ccccn1)NCc1ccccc1CN1CCCC(C)C1. The number of aliphatic imine (C=N–C) groups is 1. The van der Waals surface area contributed by atoms with E-state index in [0.29, 0.717) is 0 Å². The van der Waals surface area contributed by atoms with Gasteiger partial charge < -0.3 is 10.6 Å². The molecule has 0 saturated carbocycles. The predicted molar refractivity (Wildman–Crippen MR) is 116 cm³/mol. The van der Waals surface area contributed by atoms with E-state index in [1.165, 1.54) is 37.1 Å². The van der Waals surface area contributed by atoms with Gasteiger partial charge in [-0.1, -0.05) is 37.3 Å². The maximum absolute atomic E-state index is 4.36. The van der Waals surface area contributed by atoms with Gasteiger partial charge in [-0.2, -0.15) is 0 Å². The highest BCUT2D eigenvalue weighted by atomic mass is 15.2. The lowest BCUT2D eigenvalue weighted by Gasteiger charge is -2.31. The molecule has 0 amide bonds. The summed E-state index contributed by atoms with van der Waals surface area (Å²) in [4.78, 5) is 11.3. The van der Waals surface area contributed by atoms with Crippen LogP contribution in [-0.4, -0.2) is 42.5 Å². The Labute approximate surface area is 169 Å². The van der Waals surface area contributed by atoms with Gasteiger partial charge >= 0.3 is 0 Å². The van der Waals surface area contributed by atoms with Crippen molar-refractivity contribution >= 4 is 5.96 Å². The number of hydrogen-bond acceptors (Lipinski definition) is 3. The molecule has 1 aliphatic rings. The smallest absolute Gasteiger partial charge is 0.191 e. The number of nitrogens with one attached hydrogen (secondary N) is 2. The predicted octanol–water partition coefficient (Wildman–Crippen LogP) is 3.22. The van der Waals surface area contributed by atoms with E-state index in [0.717, 1.165) is 43.6 Å². The molecule has 150 valence electrons. The normalized spacial score (nSPS) is 18.1. The molecule has 1 saturated heterocycles. The topological polar surface area (TPSA) is 52.6 Å². The molecule has 5 heteroatoms. The summed E-state index contributed by atoms with van der Waals surface area (Å²) in [6.07, 6.45) is 5.39. The van der Waals surface area contributed by atoms with E-state index in [9.17, 15) is 0 Å². The van der Waals surface area contributed by atoms with E-state index in [2.05, 4.69) is 62.8 Å². The van der Waals surface area contributed by atoms with Gasteiger partial charge in [0, 0.05) is 51.5 Å². The summed E-state index contributed by atoms with van der Waals surface area (Å²) in [5, 5.41) is 6.84. The number of piperidine rings is 1. The Morgan fingerprint density at radius 3 is 2.71 bits per heavy atom. The van der Waals surface area contributed by atoms with Crippen LogP contribution < -0.4 is 10.6 Å². The molecular weight excluding hydrogens is 346 g/mol. The summed E-state index contributed by atoms with van der Waals surface area (Å²) in [6, 6.07) is 14.8. The molecule has 1 aliphatic heterocycles. The number of benzene rings is 1. The Morgan fingerprint density at radius 2 is 1.96 bits per heavy atom. The molecule has 0 spiro atoms. The van der Waals surface area contributed by atoms with Gasteiger partial charge in [-0.15, -0.1) is 0 Å².